The first-order valence-electron chi connectivity index (χ1n) is 17.7. The number of rotatable bonds is 16. The number of carbonyl (C=O) groups is 3. The van der Waals surface area contributed by atoms with Gasteiger partial charge in [0.25, 0.3) is 0 Å². The molecule has 2 amide bonds. The average molecular weight is 932 g/mol. The van der Waals surface area contributed by atoms with Crippen molar-refractivity contribution in [3.8, 4) is 11.1 Å². The summed E-state index contributed by atoms with van der Waals surface area (Å²) in [5, 5.41) is 8.39. The molecule has 0 spiro atoms. The van der Waals surface area contributed by atoms with Gasteiger partial charge in [-0.05, 0) is 71.3 Å². The normalized spacial score (nSPS) is 12.1. The number of hydrogen-bond acceptors (Lipinski definition) is 5. The van der Waals surface area contributed by atoms with Gasteiger partial charge in [-0.1, -0.05) is 115 Å². The Labute approximate surface area is 329 Å². The van der Waals surface area contributed by atoms with Crippen LogP contribution in [-0.2, 0) is 45.7 Å². The van der Waals surface area contributed by atoms with Crippen molar-refractivity contribution in [1.82, 2.24) is 10.6 Å². The predicted octanol–water partition coefficient (Wildman–Crippen LogP) is 7.87. The van der Waals surface area contributed by atoms with Crippen LogP contribution < -0.4 is 21.2 Å². The Morgan fingerprint density at radius 3 is 1.79 bits per heavy atom. The number of unbranched alkanes of at least 4 members (excludes halogenated alkanes) is 1. The molecule has 0 aromatic heterocycles. The number of amides is 2. The van der Waals surface area contributed by atoms with Crippen molar-refractivity contribution in [2.75, 3.05) is 19.3 Å². The molecule has 0 radical (unpaired) electrons. The standard InChI is InChI=1S/C43H43N2O5P.Au.ClH/c46-41(27-29-51(33-18-6-2-7-19-33)34-20-8-3-9-21-34)44-28-15-14-26-40(42(47)49-30-32-16-4-1-5-17-32)45-43(48)50-31-39-37-24-12-10-22-35(37)36-23-11-13-25-38(36)39;;/h1-13,16-25,39-40H,14-15,26-31H2,(H,44,46)(H,45,48);;1H/q;+1;/t40-;;/m0../s1. The minimum absolute atomic E-state index is 0.0138. The summed E-state index contributed by atoms with van der Waals surface area (Å²) in [5.41, 5.74) is 5.38. The maximum absolute atomic E-state index is 13.2. The molecule has 5 aromatic carbocycles. The fourth-order valence-electron chi connectivity index (χ4n) is 6.62. The molecule has 0 aliphatic heterocycles. The average Bonchev–Trinajstić information content (AvgIpc) is 3.54. The Hall–Kier alpha value is -4.23. The van der Waals surface area contributed by atoms with Crippen LogP contribution in [0, 0.1) is 0 Å². The molecule has 0 bridgehead atoms. The second-order valence-corrected chi connectivity index (χ2v) is 15.3. The first-order chi connectivity index (χ1) is 26.1. The number of halogens is 1. The number of ether oxygens (including phenoxy) is 2. The number of nitrogens with one attached hydrogen (secondary N) is 2. The molecule has 1 atom stereocenters. The van der Waals surface area contributed by atoms with Crippen molar-refractivity contribution in [1.29, 1.82) is 0 Å². The van der Waals surface area contributed by atoms with Crippen molar-refractivity contribution in [2.45, 2.75) is 44.2 Å². The van der Waals surface area contributed by atoms with Crippen LogP contribution in [0.4, 0.5) is 4.79 Å². The SMILES string of the molecule is O=C(CC[PH+](c1ccccc1)c1ccccc1)NCCCC[C@H](NC(=O)OCC1c2ccccc2-c2ccccc21)C(=O)OCc1ccccc1.[Cl][Au]. The zero-order chi connectivity index (χ0) is 37.3. The molecule has 278 valence electrons. The van der Waals surface area contributed by atoms with Crippen LogP contribution in [0.15, 0.2) is 140 Å². The van der Waals surface area contributed by atoms with Gasteiger partial charge in [0.1, 0.15) is 19.3 Å². The summed E-state index contributed by atoms with van der Waals surface area (Å²) in [7, 11) is 3.49. The maximum atomic E-state index is 13.2. The number of carbonyl (C=O) groups excluding carboxylic acids is 3. The van der Waals surface area contributed by atoms with Gasteiger partial charge >= 0.3 is 41.2 Å². The molecule has 6 rings (SSSR count). The quantitative estimate of drug-likeness (QED) is 0.0455. The third-order valence-corrected chi connectivity index (χ3v) is 12.0. The summed E-state index contributed by atoms with van der Waals surface area (Å²) >= 11 is 1.75. The summed E-state index contributed by atoms with van der Waals surface area (Å²) in [6.45, 7) is 0.734. The molecule has 0 unspecified atom stereocenters. The van der Waals surface area contributed by atoms with Gasteiger partial charge in [-0.2, -0.15) is 0 Å². The molecule has 53 heavy (non-hydrogen) atoms. The minimum atomic E-state index is -1.09. The van der Waals surface area contributed by atoms with E-state index in [9.17, 15) is 14.4 Å². The zero-order valence-electron chi connectivity index (χ0n) is 29.3. The van der Waals surface area contributed by atoms with Crippen LogP contribution in [0.25, 0.3) is 11.1 Å². The molecule has 5 aromatic rings. The van der Waals surface area contributed by atoms with Crippen LogP contribution in [-0.4, -0.2) is 43.3 Å². The predicted molar refractivity (Wildman–Crippen MR) is 211 cm³/mol. The van der Waals surface area contributed by atoms with Crippen molar-refractivity contribution in [3.63, 3.8) is 0 Å². The van der Waals surface area contributed by atoms with Crippen LogP contribution >= 0.6 is 17.1 Å². The van der Waals surface area contributed by atoms with E-state index in [0.717, 1.165) is 34.0 Å². The fraction of sp³-hybridized carbons (Fsp3) is 0.233. The molecule has 2 N–H and O–H groups in total. The van der Waals surface area contributed by atoms with Gasteiger partial charge < -0.3 is 20.1 Å². The van der Waals surface area contributed by atoms with E-state index < -0.39 is 26.0 Å². The van der Waals surface area contributed by atoms with E-state index in [1.807, 2.05) is 66.7 Å². The number of benzene rings is 5. The summed E-state index contributed by atoms with van der Waals surface area (Å²) in [6, 6.07) is 45.7. The van der Waals surface area contributed by atoms with Crippen molar-refractivity contribution < 1.29 is 43.8 Å². The van der Waals surface area contributed by atoms with E-state index >= 15 is 0 Å². The van der Waals surface area contributed by atoms with E-state index in [1.54, 1.807) is 20.0 Å². The van der Waals surface area contributed by atoms with Gasteiger partial charge in [-0.15, -0.1) is 0 Å². The summed E-state index contributed by atoms with van der Waals surface area (Å²) in [6.07, 6.45) is 2.16. The Balaban J connectivity index is 0.00000266. The first kappa shape index (κ1) is 40.0. The number of fused-ring (bicyclic) bond motifs is 3. The summed E-state index contributed by atoms with van der Waals surface area (Å²) < 4.78 is 11.3. The third-order valence-electron chi connectivity index (χ3n) is 9.23. The molecule has 0 saturated heterocycles. The van der Waals surface area contributed by atoms with Crippen molar-refractivity contribution in [2.24, 2.45) is 0 Å². The molecule has 7 nitrogen and oxygen atoms in total. The number of hydrogen-bond donors (Lipinski definition) is 2. The second kappa shape index (κ2) is 21.5. The van der Waals surface area contributed by atoms with Gasteiger partial charge in [-0.3, -0.25) is 4.79 Å². The van der Waals surface area contributed by atoms with Crippen LogP contribution in [0.1, 0.15) is 48.3 Å². The molecular weight excluding hydrogens is 888 g/mol. The topological polar surface area (TPSA) is 93.7 Å². The zero-order valence-corrected chi connectivity index (χ0v) is 33.2. The fourth-order valence-corrected chi connectivity index (χ4v) is 9.20. The van der Waals surface area contributed by atoms with Crippen molar-refractivity contribution in [3.05, 3.63) is 156 Å². The monoisotopic (exact) mass is 931 g/mol. The van der Waals surface area contributed by atoms with Gasteiger partial charge in [0.15, 0.2) is 0 Å². The molecule has 0 saturated carbocycles. The van der Waals surface area contributed by atoms with E-state index in [4.69, 9.17) is 9.47 Å². The van der Waals surface area contributed by atoms with Crippen molar-refractivity contribution >= 4 is 45.7 Å². The van der Waals surface area contributed by atoms with Gasteiger partial charge in [-0.25, -0.2) is 9.59 Å². The molecular formula is C43H44AuClN2O5P+. The van der Waals surface area contributed by atoms with Crippen LogP contribution in [0.2, 0.25) is 0 Å². The van der Waals surface area contributed by atoms with Crippen LogP contribution in [0.3, 0.4) is 0 Å². The molecule has 1 aliphatic rings. The van der Waals surface area contributed by atoms with E-state index in [1.165, 1.54) is 10.6 Å². The Kier molecular flexibility index (Phi) is 16.2. The number of alkyl carbamates (subject to hydrolysis) is 1. The van der Waals surface area contributed by atoms with E-state index in [0.29, 0.717) is 32.2 Å². The van der Waals surface area contributed by atoms with Gasteiger partial charge in [0.05, 0.1) is 31.1 Å². The Morgan fingerprint density at radius 1 is 0.679 bits per heavy atom. The van der Waals surface area contributed by atoms with Crippen LogP contribution in [0.5, 0.6) is 0 Å². The first-order valence-corrected chi connectivity index (χ1v) is 22.1. The van der Waals surface area contributed by atoms with E-state index in [-0.39, 0.29) is 25.0 Å². The Bertz CT molecular complexity index is 1820. The second-order valence-electron chi connectivity index (χ2n) is 12.7. The molecule has 0 fully saturated rings. The molecule has 0 heterocycles. The molecule has 1 aliphatic carbocycles. The molecule has 10 heteroatoms. The van der Waals surface area contributed by atoms with E-state index in [2.05, 4.69) is 92.6 Å². The third kappa shape index (κ3) is 11.6. The summed E-state index contributed by atoms with van der Waals surface area (Å²) in [5.74, 6) is -0.597. The van der Waals surface area contributed by atoms with Gasteiger partial charge in [0, 0.05) is 12.5 Å². The number of esters is 1. The summed E-state index contributed by atoms with van der Waals surface area (Å²) in [4.78, 5) is 39.2. The van der Waals surface area contributed by atoms with Gasteiger partial charge in [0.2, 0.25) is 5.91 Å². The Morgan fingerprint density at radius 2 is 1.21 bits per heavy atom.